The van der Waals surface area contributed by atoms with Gasteiger partial charge < -0.3 is 9.80 Å². The van der Waals surface area contributed by atoms with Crippen LogP contribution in [0.4, 0.5) is 11.5 Å². The van der Waals surface area contributed by atoms with Gasteiger partial charge in [-0.05, 0) is 51.1 Å². The molecule has 1 unspecified atom stereocenters. The smallest absolute Gasteiger partial charge is 0.147 e. The zero-order valence-electron chi connectivity index (χ0n) is 13.5. The molecule has 0 N–H and O–H groups in total. The van der Waals surface area contributed by atoms with Gasteiger partial charge in [0.25, 0.3) is 0 Å². The highest BCUT2D eigenvalue weighted by atomic mass is 32.2. The molecular formula is C18H22N4S. The molecule has 0 bridgehead atoms. The Kier molecular flexibility index (Phi) is 4.23. The number of nitrogens with zero attached hydrogens (tertiary/aromatic N) is 4. The zero-order chi connectivity index (χ0) is 15.6. The van der Waals surface area contributed by atoms with Crippen molar-refractivity contribution >= 4 is 23.3 Å². The van der Waals surface area contributed by atoms with E-state index in [0.717, 1.165) is 12.4 Å². The van der Waals surface area contributed by atoms with Gasteiger partial charge in [0.15, 0.2) is 0 Å². The lowest BCUT2D eigenvalue weighted by molar-refractivity contribution is 0.178. The lowest BCUT2D eigenvalue weighted by Crippen LogP contribution is -2.38. The molecule has 2 aliphatic rings. The second kappa shape index (κ2) is 6.49. The summed E-state index contributed by atoms with van der Waals surface area (Å²) in [6, 6.07) is 6.97. The number of pyridine rings is 2. The fourth-order valence-electron chi connectivity index (χ4n) is 3.57. The van der Waals surface area contributed by atoms with Crippen molar-refractivity contribution in [3.8, 4) is 0 Å². The quantitative estimate of drug-likeness (QED) is 0.852. The summed E-state index contributed by atoms with van der Waals surface area (Å²) in [6.07, 6.45) is 10.9. The van der Waals surface area contributed by atoms with E-state index in [1.54, 1.807) is 11.8 Å². The summed E-state index contributed by atoms with van der Waals surface area (Å²) in [5.41, 5.74) is 1.20. The molecule has 2 aromatic heterocycles. The average molecular weight is 326 g/mol. The largest absolute Gasteiger partial charge is 0.323 e. The van der Waals surface area contributed by atoms with E-state index in [9.17, 15) is 0 Å². The van der Waals surface area contributed by atoms with Gasteiger partial charge in [-0.25, -0.2) is 4.98 Å². The molecule has 0 aliphatic carbocycles. The van der Waals surface area contributed by atoms with Crippen LogP contribution in [0.3, 0.4) is 0 Å². The van der Waals surface area contributed by atoms with E-state index in [0.29, 0.717) is 6.04 Å². The lowest BCUT2D eigenvalue weighted by atomic mass is 10.00. The molecule has 23 heavy (non-hydrogen) atoms. The fourth-order valence-corrected chi connectivity index (χ4v) is 4.61. The average Bonchev–Trinajstić information content (AvgIpc) is 2.60. The molecule has 4 rings (SSSR count). The summed E-state index contributed by atoms with van der Waals surface area (Å²) in [4.78, 5) is 16.4. The van der Waals surface area contributed by atoms with Crippen molar-refractivity contribution < 1.29 is 0 Å². The number of anilines is 2. The van der Waals surface area contributed by atoms with Crippen LogP contribution in [0.15, 0.2) is 46.6 Å². The van der Waals surface area contributed by atoms with Gasteiger partial charge in [0.05, 0.1) is 16.8 Å². The second-order valence-corrected chi connectivity index (χ2v) is 7.42. The third kappa shape index (κ3) is 2.95. The Morgan fingerprint density at radius 1 is 1.22 bits per heavy atom. The van der Waals surface area contributed by atoms with Crippen molar-refractivity contribution in [2.75, 3.05) is 25.0 Å². The molecule has 0 aromatic carbocycles. The van der Waals surface area contributed by atoms with E-state index in [4.69, 9.17) is 0 Å². The van der Waals surface area contributed by atoms with Gasteiger partial charge in [-0.2, -0.15) is 0 Å². The maximum atomic E-state index is 4.65. The van der Waals surface area contributed by atoms with Gasteiger partial charge >= 0.3 is 0 Å². The molecule has 2 aromatic rings. The second-order valence-electron chi connectivity index (χ2n) is 6.34. The van der Waals surface area contributed by atoms with Crippen molar-refractivity contribution in [3.05, 3.63) is 36.8 Å². The maximum absolute atomic E-state index is 4.65. The number of aromatic nitrogens is 2. The van der Waals surface area contributed by atoms with Gasteiger partial charge in [-0.1, -0.05) is 18.2 Å². The highest BCUT2D eigenvalue weighted by Gasteiger charge is 2.26. The van der Waals surface area contributed by atoms with Crippen LogP contribution in [0, 0.1) is 0 Å². The number of rotatable bonds is 3. The first-order valence-corrected chi connectivity index (χ1v) is 9.19. The van der Waals surface area contributed by atoms with Crippen LogP contribution in [-0.2, 0) is 0 Å². The van der Waals surface area contributed by atoms with Crippen molar-refractivity contribution in [3.63, 3.8) is 0 Å². The minimum absolute atomic E-state index is 0.686. The Morgan fingerprint density at radius 2 is 2.17 bits per heavy atom. The Morgan fingerprint density at radius 3 is 3.09 bits per heavy atom. The monoisotopic (exact) mass is 326 g/mol. The molecule has 0 spiro atoms. The molecule has 5 heteroatoms. The molecule has 0 saturated carbocycles. The fraction of sp³-hybridized carbons (Fsp3) is 0.444. The Labute approximate surface area is 141 Å². The van der Waals surface area contributed by atoms with Crippen LogP contribution in [0.25, 0.3) is 0 Å². The number of piperidine rings is 1. The van der Waals surface area contributed by atoms with E-state index in [2.05, 4.69) is 38.9 Å². The molecule has 1 fully saturated rings. The van der Waals surface area contributed by atoms with Crippen molar-refractivity contribution in [1.29, 1.82) is 0 Å². The minimum atomic E-state index is 0.686. The maximum Gasteiger partial charge on any atom is 0.147 e. The summed E-state index contributed by atoms with van der Waals surface area (Å²) in [6.45, 7) is 2.23. The number of hydrogen-bond donors (Lipinski definition) is 0. The normalized spacial score (nSPS) is 20.9. The highest BCUT2D eigenvalue weighted by Crippen LogP contribution is 2.46. The molecule has 0 amide bonds. The number of hydrogen-bond acceptors (Lipinski definition) is 5. The van der Waals surface area contributed by atoms with Crippen LogP contribution >= 0.6 is 11.8 Å². The summed E-state index contributed by atoms with van der Waals surface area (Å²) >= 11 is 1.79. The molecule has 2 aliphatic heterocycles. The summed E-state index contributed by atoms with van der Waals surface area (Å²) < 4.78 is 0. The van der Waals surface area contributed by atoms with Gasteiger partial charge in [0.2, 0.25) is 0 Å². The Hall–Kier alpha value is -1.59. The summed E-state index contributed by atoms with van der Waals surface area (Å²) in [5.74, 6) is 1.08. The predicted molar refractivity (Wildman–Crippen MR) is 94.5 cm³/mol. The first-order valence-electron chi connectivity index (χ1n) is 8.37. The van der Waals surface area contributed by atoms with Gasteiger partial charge in [-0.15, -0.1) is 0 Å². The van der Waals surface area contributed by atoms with Gasteiger partial charge in [0.1, 0.15) is 5.82 Å². The van der Waals surface area contributed by atoms with Crippen molar-refractivity contribution in [2.24, 2.45) is 0 Å². The molecule has 4 nitrogen and oxygen atoms in total. The molecule has 1 saturated heterocycles. The molecule has 120 valence electrons. The SMILES string of the molecule is CN1CCCCC1CCN1c2cnccc2Sc2cccnc21. The zero-order valence-corrected chi connectivity index (χ0v) is 14.3. The van der Waals surface area contributed by atoms with E-state index in [-0.39, 0.29) is 0 Å². The molecule has 0 radical (unpaired) electrons. The predicted octanol–water partition coefficient (Wildman–Crippen LogP) is 3.95. The van der Waals surface area contributed by atoms with Crippen LogP contribution in [-0.4, -0.2) is 41.0 Å². The third-order valence-corrected chi connectivity index (χ3v) is 5.99. The van der Waals surface area contributed by atoms with Crippen molar-refractivity contribution in [1.82, 2.24) is 14.9 Å². The van der Waals surface area contributed by atoms with E-state index >= 15 is 0 Å². The number of fused-ring (bicyclic) bond motifs is 2. The van der Waals surface area contributed by atoms with Crippen LogP contribution < -0.4 is 4.90 Å². The topological polar surface area (TPSA) is 32.3 Å². The van der Waals surface area contributed by atoms with Crippen LogP contribution in [0.2, 0.25) is 0 Å². The third-order valence-electron chi connectivity index (χ3n) is 4.89. The standard InChI is InChI=1S/C18H22N4S/c1-21-11-3-2-5-14(21)8-12-22-15-13-19-10-7-16(15)23-17-6-4-9-20-18(17)22/h4,6-7,9-10,13-14H,2-3,5,8,11-12H2,1H3. The summed E-state index contributed by atoms with van der Waals surface area (Å²) in [5, 5.41) is 0. The minimum Gasteiger partial charge on any atom is -0.323 e. The Bertz CT molecular complexity index is 645. The van der Waals surface area contributed by atoms with E-state index in [1.165, 1.54) is 47.7 Å². The molecular weight excluding hydrogens is 304 g/mol. The molecule has 1 atom stereocenters. The van der Waals surface area contributed by atoms with Crippen molar-refractivity contribution in [2.45, 2.75) is 41.5 Å². The Balaban J connectivity index is 1.60. The van der Waals surface area contributed by atoms with Gasteiger partial charge in [-0.3, -0.25) is 4.98 Å². The van der Waals surface area contributed by atoms with E-state index < -0.39 is 0 Å². The lowest BCUT2D eigenvalue weighted by Gasteiger charge is -2.36. The first-order chi connectivity index (χ1) is 11.3. The molecule has 4 heterocycles. The first kappa shape index (κ1) is 15.0. The highest BCUT2D eigenvalue weighted by molar-refractivity contribution is 7.99. The van der Waals surface area contributed by atoms with Gasteiger partial charge in [0, 0.05) is 29.9 Å². The van der Waals surface area contributed by atoms with Crippen LogP contribution in [0.1, 0.15) is 25.7 Å². The van der Waals surface area contributed by atoms with E-state index in [1.807, 2.05) is 24.7 Å². The number of likely N-dealkylation sites (tertiary alicyclic amines) is 1. The summed E-state index contributed by atoms with van der Waals surface area (Å²) in [7, 11) is 2.26. The van der Waals surface area contributed by atoms with Crippen LogP contribution in [0.5, 0.6) is 0 Å².